The second-order valence-electron chi connectivity index (χ2n) is 4.23. The maximum Gasteiger partial charge on any atom is 0.270 e. The van der Waals surface area contributed by atoms with E-state index in [9.17, 15) is 4.79 Å². The number of thiazole rings is 1. The van der Waals surface area contributed by atoms with Crippen LogP contribution in [0, 0.1) is 0 Å². The molecule has 0 saturated carbocycles. The van der Waals surface area contributed by atoms with Gasteiger partial charge in [0.1, 0.15) is 5.75 Å². The summed E-state index contributed by atoms with van der Waals surface area (Å²) >= 11 is 1.45. The van der Waals surface area contributed by atoms with Crippen molar-refractivity contribution in [2.75, 3.05) is 13.2 Å². The van der Waals surface area contributed by atoms with Crippen LogP contribution in [0.4, 0.5) is 0 Å². The second kappa shape index (κ2) is 5.01. The van der Waals surface area contributed by atoms with Crippen LogP contribution in [0.2, 0.25) is 0 Å². The minimum Gasteiger partial charge on any atom is -0.494 e. The Labute approximate surface area is 114 Å². The highest BCUT2D eigenvalue weighted by Gasteiger charge is 2.09. The number of fused-ring (bicyclic) bond motifs is 1. The zero-order chi connectivity index (χ0) is 13.2. The quantitative estimate of drug-likeness (QED) is 0.830. The van der Waals surface area contributed by atoms with E-state index in [-0.39, 0.29) is 5.56 Å². The Kier molecular flexibility index (Phi) is 3.21. The van der Waals surface area contributed by atoms with Crippen LogP contribution in [0.1, 0.15) is 12.5 Å². The van der Waals surface area contributed by atoms with Gasteiger partial charge in [-0.3, -0.25) is 14.4 Å². The summed E-state index contributed by atoms with van der Waals surface area (Å²) in [6, 6.07) is 7.74. The molecule has 0 unspecified atom stereocenters. The summed E-state index contributed by atoms with van der Waals surface area (Å²) in [7, 11) is 0. The van der Waals surface area contributed by atoms with Gasteiger partial charge in [-0.05, 0) is 30.7 Å². The molecule has 5 heteroatoms. The molecular weight excluding hydrogens is 260 g/mol. The molecule has 0 N–H and O–H groups in total. The van der Waals surface area contributed by atoms with Crippen molar-refractivity contribution in [1.29, 1.82) is 0 Å². The molecule has 0 spiro atoms. The van der Waals surface area contributed by atoms with Crippen molar-refractivity contribution in [2.45, 2.75) is 13.5 Å². The summed E-state index contributed by atoms with van der Waals surface area (Å²) in [5, 5.41) is 0. The van der Waals surface area contributed by atoms with Gasteiger partial charge in [-0.15, -0.1) is 0 Å². The van der Waals surface area contributed by atoms with Crippen molar-refractivity contribution in [2.24, 2.45) is 4.99 Å². The molecule has 0 aliphatic carbocycles. The van der Waals surface area contributed by atoms with E-state index >= 15 is 0 Å². The first-order chi connectivity index (χ1) is 9.28. The molecule has 98 valence electrons. The Hall–Kier alpha value is -1.88. The highest BCUT2D eigenvalue weighted by Crippen LogP contribution is 2.12. The maximum atomic E-state index is 12.1. The molecule has 3 rings (SSSR count). The van der Waals surface area contributed by atoms with Gasteiger partial charge >= 0.3 is 0 Å². The van der Waals surface area contributed by atoms with Gasteiger partial charge in [0.2, 0.25) is 0 Å². The number of aromatic nitrogens is 1. The van der Waals surface area contributed by atoms with Crippen LogP contribution in [0.25, 0.3) is 6.08 Å². The standard InChI is InChI=1S/C14H14N2O2S/c1-2-18-11-5-3-10(4-6-11)9-12-13(17)16-8-7-15-14(16)19-12/h3-6,9H,2,7-8H2,1H3/b12-9-. The predicted octanol–water partition coefficient (Wildman–Crippen LogP) is 0.770. The van der Waals surface area contributed by atoms with Gasteiger partial charge < -0.3 is 4.74 Å². The molecule has 0 atom stereocenters. The van der Waals surface area contributed by atoms with Crippen LogP contribution in [-0.4, -0.2) is 17.7 Å². The van der Waals surface area contributed by atoms with E-state index in [2.05, 4.69) is 4.99 Å². The lowest BCUT2D eigenvalue weighted by atomic mass is 10.2. The van der Waals surface area contributed by atoms with E-state index in [1.54, 1.807) is 4.57 Å². The molecule has 0 amide bonds. The summed E-state index contributed by atoms with van der Waals surface area (Å²) in [6.07, 6.45) is 1.91. The lowest BCUT2D eigenvalue weighted by molar-refractivity contribution is 0.340. The average molecular weight is 274 g/mol. The van der Waals surface area contributed by atoms with Gasteiger partial charge in [0.15, 0.2) is 4.80 Å². The molecular formula is C14H14N2O2S. The van der Waals surface area contributed by atoms with Crippen molar-refractivity contribution in [3.05, 3.63) is 49.5 Å². The summed E-state index contributed by atoms with van der Waals surface area (Å²) in [5.41, 5.74) is 1.07. The van der Waals surface area contributed by atoms with Crippen LogP contribution in [0.15, 0.2) is 34.1 Å². The minimum absolute atomic E-state index is 0.0649. The number of hydrogen-bond donors (Lipinski definition) is 0. The molecule has 1 aliphatic heterocycles. The van der Waals surface area contributed by atoms with Crippen LogP contribution in [-0.2, 0) is 6.54 Å². The fourth-order valence-corrected chi connectivity index (χ4v) is 3.08. The monoisotopic (exact) mass is 274 g/mol. The Balaban J connectivity index is 2.00. The largest absolute Gasteiger partial charge is 0.494 e. The van der Waals surface area contributed by atoms with E-state index in [1.165, 1.54) is 11.3 Å². The molecule has 2 aromatic rings. The third-order valence-electron chi connectivity index (χ3n) is 2.95. The minimum atomic E-state index is 0.0649. The van der Waals surface area contributed by atoms with E-state index in [0.29, 0.717) is 13.2 Å². The van der Waals surface area contributed by atoms with Gasteiger partial charge in [0.25, 0.3) is 5.56 Å². The normalized spacial score (nSPS) is 14.3. The molecule has 1 aliphatic rings. The summed E-state index contributed by atoms with van der Waals surface area (Å²) < 4.78 is 7.87. The lowest BCUT2D eigenvalue weighted by Gasteiger charge is -2.01. The molecule has 19 heavy (non-hydrogen) atoms. The molecule has 0 fully saturated rings. The van der Waals surface area contributed by atoms with Crippen molar-refractivity contribution in [3.63, 3.8) is 0 Å². The molecule has 1 aromatic heterocycles. The lowest BCUT2D eigenvalue weighted by Crippen LogP contribution is -2.29. The summed E-state index contributed by atoms with van der Waals surface area (Å²) in [5.74, 6) is 0.847. The van der Waals surface area contributed by atoms with Gasteiger partial charge in [0.05, 0.1) is 17.7 Å². The number of rotatable bonds is 3. The highest BCUT2D eigenvalue weighted by molar-refractivity contribution is 7.07. The number of nitrogens with zero attached hydrogens (tertiary/aromatic N) is 2. The van der Waals surface area contributed by atoms with Crippen molar-refractivity contribution in [3.8, 4) is 5.75 Å². The van der Waals surface area contributed by atoms with Crippen LogP contribution >= 0.6 is 11.3 Å². The molecule has 4 nitrogen and oxygen atoms in total. The van der Waals surface area contributed by atoms with Crippen LogP contribution < -0.4 is 19.6 Å². The van der Waals surface area contributed by atoms with Gasteiger partial charge in [-0.2, -0.15) is 0 Å². The molecule has 0 radical (unpaired) electrons. The maximum absolute atomic E-state index is 12.1. The molecule has 0 bridgehead atoms. The summed E-state index contributed by atoms with van der Waals surface area (Å²) in [4.78, 5) is 17.2. The molecule has 1 aromatic carbocycles. The number of hydrogen-bond acceptors (Lipinski definition) is 4. The Morgan fingerprint density at radius 1 is 1.42 bits per heavy atom. The van der Waals surface area contributed by atoms with E-state index in [4.69, 9.17) is 4.74 Å². The SMILES string of the molecule is CCOc1ccc(/C=c2\sc3n(c2=O)CCN=3)cc1. The molecule has 2 heterocycles. The first-order valence-corrected chi connectivity index (χ1v) is 7.08. The number of benzene rings is 1. The van der Waals surface area contributed by atoms with Crippen LogP contribution in [0.5, 0.6) is 5.75 Å². The summed E-state index contributed by atoms with van der Waals surface area (Å²) in [6.45, 7) is 4.05. The van der Waals surface area contributed by atoms with Crippen molar-refractivity contribution < 1.29 is 4.74 Å². The zero-order valence-electron chi connectivity index (χ0n) is 10.6. The second-order valence-corrected chi connectivity index (χ2v) is 5.24. The first kappa shape index (κ1) is 12.2. The Morgan fingerprint density at radius 3 is 2.89 bits per heavy atom. The van der Waals surface area contributed by atoms with Gasteiger partial charge in [-0.1, -0.05) is 23.5 Å². The fraction of sp³-hybridized carbons (Fsp3) is 0.286. The third kappa shape index (κ3) is 2.33. The average Bonchev–Trinajstić information content (AvgIpc) is 2.97. The third-order valence-corrected chi connectivity index (χ3v) is 3.99. The fourth-order valence-electron chi connectivity index (χ4n) is 2.05. The Morgan fingerprint density at radius 2 is 2.21 bits per heavy atom. The topological polar surface area (TPSA) is 43.6 Å². The van der Waals surface area contributed by atoms with Gasteiger partial charge in [0, 0.05) is 6.54 Å². The number of ether oxygens (including phenoxy) is 1. The Bertz CT molecular complexity index is 756. The van der Waals surface area contributed by atoms with Crippen LogP contribution in [0.3, 0.4) is 0 Å². The first-order valence-electron chi connectivity index (χ1n) is 6.26. The van der Waals surface area contributed by atoms with E-state index < -0.39 is 0 Å². The van der Waals surface area contributed by atoms with Gasteiger partial charge in [-0.25, -0.2) is 0 Å². The van der Waals surface area contributed by atoms with Crippen molar-refractivity contribution in [1.82, 2.24) is 4.57 Å². The van der Waals surface area contributed by atoms with E-state index in [0.717, 1.165) is 27.2 Å². The smallest absolute Gasteiger partial charge is 0.270 e. The zero-order valence-corrected chi connectivity index (χ0v) is 11.4. The molecule has 0 saturated heterocycles. The highest BCUT2D eigenvalue weighted by atomic mass is 32.1. The van der Waals surface area contributed by atoms with E-state index in [1.807, 2.05) is 37.3 Å². The van der Waals surface area contributed by atoms with Crippen molar-refractivity contribution >= 4 is 17.4 Å². The predicted molar refractivity (Wildman–Crippen MR) is 75.4 cm³/mol.